The first-order valence-electron chi connectivity index (χ1n) is 7.17. The highest BCUT2D eigenvalue weighted by Crippen LogP contribution is 2.16. The summed E-state index contributed by atoms with van der Waals surface area (Å²) in [5, 5.41) is 3.58. The lowest BCUT2D eigenvalue weighted by atomic mass is 10.1. The van der Waals surface area contributed by atoms with E-state index < -0.39 is 0 Å². The van der Waals surface area contributed by atoms with Crippen molar-refractivity contribution in [2.45, 2.75) is 38.6 Å². The molecule has 0 aromatic heterocycles. The molecular formula is C16H28N2. The maximum atomic E-state index is 3.58. The van der Waals surface area contributed by atoms with Gasteiger partial charge in [0.25, 0.3) is 0 Å². The van der Waals surface area contributed by atoms with Crippen LogP contribution in [0.3, 0.4) is 0 Å². The first-order chi connectivity index (χ1) is 8.75. The standard InChI is InChI=1S/C16H28N2/c1-4-5-6-10-13-17-14-16(18(2)3)15-11-8-7-9-12-15/h7-9,11-12,16-17H,4-6,10,13-14H2,1-3H3. The fraction of sp³-hybridized carbons (Fsp3) is 0.625. The van der Waals surface area contributed by atoms with Gasteiger partial charge in [-0.25, -0.2) is 0 Å². The van der Waals surface area contributed by atoms with Gasteiger partial charge in [0.05, 0.1) is 0 Å². The van der Waals surface area contributed by atoms with Crippen LogP contribution in [-0.4, -0.2) is 32.1 Å². The number of likely N-dealkylation sites (N-methyl/N-ethyl adjacent to an activating group) is 1. The summed E-state index contributed by atoms with van der Waals surface area (Å²) in [6.07, 6.45) is 5.31. The lowest BCUT2D eigenvalue weighted by Gasteiger charge is -2.25. The molecule has 18 heavy (non-hydrogen) atoms. The Labute approximate surface area is 112 Å². The van der Waals surface area contributed by atoms with Crippen molar-refractivity contribution < 1.29 is 0 Å². The zero-order valence-electron chi connectivity index (χ0n) is 12.2. The highest BCUT2D eigenvalue weighted by Gasteiger charge is 2.12. The molecule has 0 radical (unpaired) electrons. The molecule has 0 aliphatic carbocycles. The molecule has 2 heteroatoms. The highest BCUT2D eigenvalue weighted by atomic mass is 15.1. The first-order valence-corrected chi connectivity index (χ1v) is 7.17. The van der Waals surface area contributed by atoms with Crippen molar-refractivity contribution in [3.8, 4) is 0 Å². The maximum Gasteiger partial charge on any atom is 0.0466 e. The van der Waals surface area contributed by atoms with Crippen molar-refractivity contribution in [2.24, 2.45) is 0 Å². The van der Waals surface area contributed by atoms with Crippen LogP contribution >= 0.6 is 0 Å². The molecule has 0 saturated heterocycles. The monoisotopic (exact) mass is 248 g/mol. The molecule has 0 bridgehead atoms. The molecule has 1 aromatic rings. The zero-order chi connectivity index (χ0) is 13.2. The van der Waals surface area contributed by atoms with Crippen LogP contribution in [0, 0.1) is 0 Å². The van der Waals surface area contributed by atoms with Gasteiger partial charge in [-0.2, -0.15) is 0 Å². The lowest BCUT2D eigenvalue weighted by molar-refractivity contribution is 0.288. The molecule has 1 unspecified atom stereocenters. The summed E-state index contributed by atoms with van der Waals surface area (Å²) in [7, 11) is 4.30. The van der Waals surface area contributed by atoms with Crippen LogP contribution in [0.5, 0.6) is 0 Å². The molecular weight excluding hydrogens is 220 g/mol. The Bertz CT molecular complexity index is 295. The Kier molecular flexibility index (Phi) is 7.70. The number of rotatable bonds is 9. The van der Waals surface area contributed by atoms with Crippen LogP contribution in [-0.2, 0) is 0 Å². The summed E-state index contributed by atoms with van der Waals surface area (Å²) in [5.74, 6) is 0. The average molecular weight is 248 g/mol. The van der Waals surface area contributed by atoms with Crippen LogP contribution < -0.4 is 5.32 Å². The van der Waals surface area contributed by atoms with Gasteiger partial charge in [-0.1, -0.05) is 56.5 Å². The third-order valence-electron chi connectivity index (χ3n) is 3.35. The number of nitrogens with one attached hydrogen (secondary N) is 1. The molecule has 1 atom stereocenters. The molecule has 1 N–H and O–H groups in total. The Morgan fingerprint density at radius 1 is 1.06 bits per heavy atom. The summed E-state index contributed by atoms with van der Waals surface area (Å²) >= 11 is 0. The molecule has 0 saturated carbocycles. The largest absolute Gasteiger partial charge is 0.315 e. The molecule has 102 valence electrons. The second-order valence-electron chi connectivity index (χ2n) is 5.15. The molecule has 1 rings (SSSR count). The minimum Gasteiger partial charge on any atom is -0.315 e. The summed E-state index contributed by atoms with van der Waals surface area (Å²) in [6, 6.07) is 11.2. The number of hydrogen-bond donors (Lipinski definition) is 1. The SMILES string of the molecule is CCCCCCNCC(c1ccccc1)N(C)C. The number of benzene rings is 1. The third-order valence-corrected chi connectivity index (χ3v) is 3.35. The number of hydrogen-bond acceptors (Lipinski definition) is 2. The minimum absolute atomic E-state index is 0.470. The van der Waals surface area contributed by atoms with Crippen LogP contribution in [0.15, 0.2) is 30.3 Å². The second kappa shape index (κ2) is 9.12. The fourth-order valence-electron chi connectivity index (χ4n) is 2.19. The normalized spacial score (nSPS) is 12.9. The van der Waals surface area contributed by atoms with E-state index in [2.05, 4.69) is 61.6 Å². The summed E-state index contributed by atoms with van der Waals surface area (Å²) in [4.78, 5) is 2.29. The van der Waals surface area contributed by atoms with Crippen LogP contribution in [0.25, 0.3) is 0 Å². The van der Waals surface area contributed by atoms with E-state index >= 15 is 0 Å². The van der Waals surface area contributed by atoms with Gasteiger partial charge in [0, 0.05) is 12.6 Å². The van der Waals surface area contributed by atoms with Gasteiger partial charge < -0.3 is 10.2 Å². The van der Waals surface area contributed by atoms with E-state index in [1.807, 2.05) is 0 Å². The molecule has 0 heterocycles. The van der Waals surface area contributed by atoms with Crippen molar-refractivity contribution in [2.75, 3.05) is 27.2 Å². The van der Waals surface area contributed by atoms with Gasteiger partial charge in [0.1, 0.15) is 0 Å². The molecule has 0 spiro atoms. The predicted molar refractivity (Wildman–Crippen MR) is 79.9 cm³/mol. The van der Waals surface area contributed by atoms with Crippen molar-refractivity contribution >= 4 is 0 Å². The quantitative estimate of drug-likeness (QED) is 0.673. The lowest BCUT2D eigenvalue weighted by Crippen LogP contribution is -2.31. The molecule has 0 amide bonds. The van der Waals surface area contributed by atoms with Gasteiger partial charge in [-0.3, -0.25) is 0 Å². The third kappa shape index (κ3) is 5.65. The van der Waals surface area contributed by atoms with E-state index in [0.29, 0.717) is 6.04 Å². The highest BCUT2D eigenvalue weighted by molar-refractivity contribution is 5.19. The Balaban J connectivity index is 2.31. The van der Waals surface area contributed by atoms with Crippen molar-refractivity contribution in [1.29, 1.82) is 0 Å². The Hall–Kier alpha value is -0.860. The average Bonchev–Trinajstić information content (AvgIpc) is 2.38. The molecule has 0 fully saturated rings. The molecule has 2 nitrogen and oxygen atoms in total. The topological polar surface area (TPSA) is 15.3 Å². The van der Waals surface area contributed by atoms with Gasteiger partial charge in [0.2, 0.25) is 0 Å². The summed E-state index contributed by atoms with van der Waals surface area (Å²) < 4.78 is 0. The summed E-state index contributed by atoms with van der Waals surface area (Å²) in [6.45, 7) is 4.42. The maximum absolute atomic E-state index is 3.58. The Morgan fingerprint density at radius 2 is 1.78 bits per heavy atom. The predicted octanol–water partition coefficient (Wildman–Crippen LogP) is 3.46. The van der Waals surface area contributed by atoms with Gasteiger partial charge in [0.15, 0.2) is 0 Å². The Morgan fingerprint density at radius 3 is 2.39 bits per heavy atom. The molecule has 0 aliphatic rings. The molecule has 0 aliphatic heterocycles. The van der Waals surface area contributed by atoms with Crippen molar-refractivity contribution in [3.63, 3.8) is 0 Å². The first kappa shape index (κ1) is 15.2. The van der Waals surface area contributed by atoms with E-state index in [1.54, 1.807) is 0 Å². The zero-order valence-corrected chi connectivity index (χ0v) is 12.2. The number of nitrogens with zero attached hydrogens (tertiary/aromatic N) is 1. The van der Waals surface area contributed by atoms with Gasteiger partial charge >= 0.3 is 0 Å². The van der Waals surface area contributed by atoms with Crippen LogP contribution in [0.2, 0.25) is 0 Å². The van der Waals surface area contributed by atoms with Gasteiger partial charge in [-0.15, -0.1) is 0 Å². The van der Waals surface area contributed by atoms with E-state index in [-0.39, 0.29) is 0 Å². The van der Waals surface area contributed by atoms with E-state index in [4.69, 9.17) is 0 Å². The van der Waals surface area contributed by atoms with Crippen LogP contribution in [0.1, 0.15) is 44.2 Å². The van der Waals surface area contributed by atoms with Gasteiger partial charge in [-0.05, 0) is 32.6 Å². The van der Waals surface area contributed by atoms with E-state index in [1.165, 1.54) is 31.2 Å². The minimum atomic E-state index is 0.470. The van der Waals surface area contributed by atoms with E-state index in [0.717, 1.165) is 13.1 Å². The number of unbranched alkanes of at least 4 members (excludes halogenated alkanes) is 3. The molecule has 1 aromatic carbocycles. The van der Waals surface area contributed by atoms with E-state index in [9.17, 15) is 0 Å². The van der Waals surface area contributed by atoms with Crippen molar-refractivity contribution in [1.82, 2.24) is 10.2 Å². The van der Waals surface area contributed by atoms with Crippen molar-refractivity contribution in [3.05, 3.63) is 35.9 Å². The fourth-order valence-corrected chi connectivity index (χ4v) is 2.19. The van der Waals surface area contributed by atoms with Crippen LogP contribution in [0.4, 0.5) is 0 Å². The summed E-state index contributed by atoms with van der Waals surface area (Å²) in [5.41, 5.74) is 1.39. The second-order valence-corrected chi connectivity index (χ2v) is 5.15. The smallest absolute Gasteiger partial charge is 0.0466 e.